The van der Waals surface area contributed by atoms with E-state index >= 15 is 0 Å². The van der Waals surface area contributed by atoms with Gasteiger partial charge in [-0.15, -0.1) is 11.3 Å². The summed E-state index contributed by atoms with van der Waals surface area (Å²) in [6, 6.07) is 0.641. The van der Waals surface area contributed by atoms with Gasteiger partial charge in [0.15, 0.2) is 0 Å². The summed E-state index contributed by atoms with van der Waals surface area (Å²) in [4.78, 5) is 11.7. The molecule has 0 unspecified atom stereocenters. The van der Waals surface area contributed by atoms with Gasteiger partial charge in [-0.25, -0.2) is 9.97 Å². The molecule has 1 fully saturated rings. The van der Waals surface area contributed by atoms with Crippen LogP contribution in [0, 0.1) is 0 Å². The minimum atomic E-state index is 0.641. The number of fused-ring (bicyclic) bond motifs is 3. The predicted octanol–water partition coefficient (Wildman–Crippen LogP) is 3.53. The van der Waals surface area contributed by atoms with Crippen molar-refractivity contribution >= 4 is 27.4 Å². The van der Waals surface area contributed by atoms with E-state index in [9.17, 15) is 0 Å². The van der Waals surface area contributed by atoms with Crippen molar-refractivity contribution in [2.24, 2.45) is 0 Å². The number of nitrogens with one attached hydrogen (secondary N) is 1. The molecule has 2 aliphatic carbocycles. The van der Waals surface area contributed by atoms with Gasteiger partial charge in [-0.05, 0) is 50.5 Å². The normalized spacial score (nSPS) is 19.6. The molecule has 0 radical (unpaired) electrons. The topological polar surface area (TPSA) is 37.8 Å². The highest BCUT2D eigenvalue weighted by Crippen LogP contribution is 2.38. The number of hydrogen-bond acceptors (Lipinski definition) is 4. The Labute approximate surface area is 111 Å². The molecular formula is C14H17N3S. The summed E-state index contributed by atoms with van der Waals surface area (Å²) in [6.07, 6.45) is 10.7. The smallest absolute Gasteiger partial charge is 0.138 e. The molecule has 18 heavy (non-hydrogen) atoms. The highest BCUT2D eigenvalue weighted by molar-refractivity contribution is 7.19. The van der Waals surface area contributed by atoms with E-state index < -0.39 is 0 Å². The van der Waals surface area contributed by atoms with Crippen LogP contribution in [0.4, 0.5) is 5.82 Å². The lowest BCUT2D eigenvalue weighted by atomic mass is 9.92. The molecule has 0 aromatic carbocycles. The molecule has 0 bridgehead atoms. The SMILES string of the molecule is c1nc(NC2CCC2)c2c3c(sc2n1)CCCC3. The van der Waals surface area contributed by atoms with Crippen LogP contribution in [0.25, 0.3) is 10.2 Å². The van der Waals surface area contributed by atoms with Crippen molar-refractivity contribution in [3.05, 3.63) is 16.8 Å². The zero-order chi connectivity index (χ0) is 11.9. The van der Waals surface area contributed by atoms with Gasteiger partial charge in [0.25, 0.3) is 0 Å². The summed E-state index contributed by atoms with van der Waals surface area (Å²) in [7, 11) is 0. The van der Waals surface area contributed by atoms with Gasteiger partial charge in [0.1, 0.15) is 17.0 Å². The van der Waals surface area contributed by atoms with E-state index in [-0.39, 0.29) is 0 Å². The highest BCUT2D eigenvalue weighted by Gasteiger charge is 2.23. The molecule has 2 aliphatic rings. The second kappa shape index (κ2) is 4.19. The molecule has 1 saturated carbocycles. The van der Waals surface area contributed by atoms with E-state index in [0.29, 0.717) is 6.04 Å². The first kappa shape index (κ1) is 10.7. The van der Waals surface area contributed by atoms with Crippen LogP contribution in [0.1, 0.15) is 42.5 Å². The predicted molar refractivity (Wildman–Crippen MR) is 75.3 cm³/mol. The number of anilines is 1. The molecule has 0 saturated heterocycles. The van der Waals surface area contributed by atoms with Crippen LogP contribution >= 0.6 is 11.3 Å². The first-order valence-corrected chi connectivity index (χ1v) is 7.75. The van der Waals surface area contributed by atoms with Crippen molar-refractivity contribution in [3.63, 3.8) is 0 Å². The fraction of sp³-hybridized carbons (Fsp3) is 0.571. The van der Waals surface area contributed by atoms with E-state index in [1.54, 1.807) is 11.2 Å². The first-order chi connectivity index (χ1) is 8.92. The van der Waals surface area contributed by atoms with Crippen LogP contribution in [0.5, 0.6) is 0 Å². The number of rotatable bonds is 2. The lowest BCUT2D eigenvalue weighted by molar-refractivity contribution is 0.445. The quantitative estimate of drug-likeness (QED) is 0.896. The fourth-order valence-corrected chi connectivity index (χ4v) is 4.17. The molecule has 0 amide bonds. The Morgan fingerprint density at radius 2 is 2.00 bits per heavy atom. The maximum atomic E-state index is 4.49. The Hall–Kier alpha value is -1.16. The summed E-state index contributed by atoms with van der Waals surface area (Å²) < 4.78 is 0. The maximum absolute atomic E-state index is 4.49. The number of aryl methyl sites for hydroxylation is 2. The van der Waals surface area contributed by atoms with E-state index in [4.69, 9.17) is 0 Å². The van der Waals surface area contributed by atoms with Crippen LogP contribution in [-0.2, 0) is 12.8 Å². The Morgan fingerprint density at radius 3 is 2.83 bits per heavy atom. The van der Waals surface area contributed by atoms with Crippen molar-refractivity contribution in [2.75, 3.05) is 5.32 Å². The first-order valence-electron chi connectivity index (χ1n) is 6.93. The average molecular weight is 259 g/mol. The second-order valence-electron chi connectivity index (χ2n) is 5.39. The van der Waals surface area contributed by atoms with Gasteiger partial charge >= 0.3 is 0 Å². The molecule has 0 atom stereocenters. The monoisotopic (exact) mass is 259 g/mol. The molecule has 94 valence electrons. The molecule has 2 aromatic heterocycles. The van der Waals surface area contributed by atoms with Gasteiger partial charge in [0.2, 0.25) is 0 Å². The minimum Gasteiger partial charge on any atom is -0.367 e. The molecule has 2 aromatic rings. The average Bonchev–Trinajstić information content (AvgIpc) is 2.73. The van der Waals surface area contributed by atoms with E-state index in [1.807, 2.05) is 11.3 Å². The largest absolute Gasteiger partial charge is 0.367 e. The number of hydrogen-bond donors (Lipinski definition) is 1. The lowest BCUT2D eigenvalue weighted by Crippen LogP contribution is -2.27. The third-order valence-electron chi connectivity index (χ3n) is 4.20. The third kappa shape index (κ3) is 1.62. The van der Waals surface area contributed by atoms with Crippen molar-refractivity contribution in [3.8, 4) is 0 Å². The van der Waals surface area contributed by atoms with Crippen molar-refractivity contribution in [1.29, 1.82) is 0 Å². The summed E-state index contributed by atoms with van der Waals surface area (Å²) in [5.41, 5.74) is 1.53. The zero-order valence-electron chi connectivity index (χ0n) is 10.4. The Morgan fingerprint density at radius 1 is 1.11 bits per heavy atom. The molecule has 0 aliphatic heterocycles. The highest BCUT2D eigenvalue weighted by atomic mass is 32.1. The van der Waals surface area contributed by atoms with Crippen LogP contribution in [0.2, 0.25) is 0 Å². The molecule has 4 rings (SSSR count). The fourth-order valence-electron chi connectivity index (χ4n) is 2.95. The standard InChI is InChI=1S/C14H17N3S/c1-2-7-11-10(6-1)12-13(17-9-4-3-5-9)15-8-16-14(12)18-11/h8-9H,1-7H2,(H,15,16,17). The van der Waals surface area contributed by atoms with Gasteiger partial charge in [-0.1, -0.05) is 0 Å². The van der Waals surface area contributed by atoms with Gasteiger partial charge in [-0.3, -0.25) is 0 Å². The Balaban J connectivity index is 1.83. The number of aromatic nitrogens is 2. The van der Waals surface area contributed by atoms with E-state index in [2.05, 4.69) is 15.3 Å². The van der Waals surface area contributed by atoms with Crippen molar-refractivity contribution in [2.45, 2.75) is 51.0 Å². The lowest BCUT2D eigenvalue weighted by Gasteiger charge is -2.27. The van der Waals surface area contributed by atoms with Gasteiger partial charge in [0, 0.05) is 10.9 Å². The van der Waals surface area contributed by atoms with Crippen LogP contribution in [0.3, 0.4) is 0 Å². The molecule has 3 nitrogen and oxygen atoms in total. The van der Waals surface area contributed by atoms with Gasteiger partial charge in [0.05, 0.1) is 5.39 Å². The third-order valence-corrected chi connectivity index (χ3v) is 5.40. The zero-order valence-corrected chi connectivity index (χ0v) is 11.2. The van der Waals surface area contributed by atoms with Crippen molar-refractivity contribution in [1.82, 2.24) is 9.97 Å². The Kier molecular flexibility index (Phi) is 2.50. The number of nitrogens with zero attached hydrogens (tertiary/aromatic N) is 2. The van der Waals surface area contributed by atoms with Crippen LogP contribution in [0.15, 0.2) is 6.33 Å². The van der Waals surface area contributed by atoms with Crippen LogP contribution in [-0.4, -0.2) is 16.0 Å². The van der Waals surface area contributed by atoms with E-state index in [1.165, 1.54) is 60.7 Å². The van der Waals surface area contributed by atoms with Gasteiger partial charge < -0.3 is 5.32 Å². The molecule has 1 N–H and O–H groups in total. The number of thiophene rings is 1. The molecule has 0 spiro atoms. The molecular weight excluding hydrogens is 242 g/mol. The summed E-state index contributed by atoms with van der Waals surface area (Å²) in [5.74, 6) is 1.09. The Bertz CT molecular complexity index is 586. The van der Waals surface area contributed by atoms with Crippen LogP contribution < -0.4 is 5.32 Å². The summed E-state index contributed by atoms with van der Waals surface area (Å²) in [6.45, 7) is 0. The second-order valence-corrected chi connectivity index (χ2v) is 6.47. The minimum absolute atomic E-state index is 0.641. The summed E-state index contributed by atoms with van der Waals surface area (Å²) in [5, 5.41) is 4.94. The molecule has 4 heteroatoms. The summed E-state index contributed by atoms with van der Waals surface area (Å²) >= 11 is 1.88. The van der Waals surface area contributed by atoms with E-state index in [0.717, 1.165) is 5.82 Å². The maximum Gasteiger partial charge on any atom is 0.138 e. The van der Waals surface area contributed by atoms with Gasteiger partial charge in [-0.2, -0.15) is 0 Å². The van der Waals surface area contributed by atoms with Crippen molar-refractivity contribution < 1.29 is 0 Å². The molecule has 2 heterocycles.